The molecule has 0 spiro atoms. The number of rotatable bonds is 3. The van der Waals surface area contributed by atoms with Gasteiger partial charge in [0.1, 0.15) is 5.82 Å². The standard InChI is InChI=1S/C14H9BrFNO2/c15-11-3-1-2-9(4-11)8-17-13-6-10(14(18)19)5-12(16)7-13/h1-8H,(H,18,19). The van der Waals surface area contributed by atoms with Gasteiger partial charge in [-0.25, -0.2) is 9.18 Å². The van der Waals surface area contributed by atoms with Crippen LogP contribution in [0.25, 0.3) is 0 Å². The summed E-state index contributed by atoms with van der Waals surface area (Å²) in [4.78, 5) is 14.9. The fourth-order valence-corrected chi connectivity index (χ4v) is 1.93. The predicted molar refractivity (Wildman–Crippen MR) is 74.8 cm³/mol. The van der Waals surface area contributed by atoms with Crippen LogP contribution in [0, 0.1) is 5.82 Å². The number of carboxylic acid groups (broad SMARTS) is 1. The molecule has 2 aromatic rings. The summed E-state index contributed by atoms with van der Waals surface area (Å²) in [7, 11) is 0. The molecule has 2 aromatic carbocycles. The van der Waals surface area contributed by atoms with Gasteiger partial charge < -0.3 is 5.11 Å². The van der Waals surface area contributed by atoms with E-state index in [9.17, 15) is 9.18 Å². The smallest absolute Gasteiger partial charge is 0.335 e. The third-order valence-corrected chi connectivity index (χ3v) is 2.83. The van der Waals surface area contributed by atoms with Crippen LogP contribution in [0.15, 0.2) is 51.9 Å². The summed E-state index contributed by atoms with van der Waals surface area (Å²) in [6, 6.07) is 10.9. The second kappa shape index (κ2) is 5.75. The maximum Gasteiger partial charge on any atom is 0.335 e. The van der Waals surface area contributed by atoms with Crippen LogP contribution in [-0.4, -0.2) is 17.3 Å². The molecule has 0 aliphatic rings. The van der Waals surface area contributed by atoms with Gasteiger partial charge in [0, 0.05) is 10.7 Å². The zero-order chi connectivity index (χ0) is 13.8. The normalized spacial score (nSPS) is 10.8. The first-order chi connectivity index (χ1) is 9.04. The number of hydrogen-bond donors (Lipinski definition) is 1. The number of hydrogen-bond acceptors (Lipinski definition) is 2. The molecule has 0 atom stereocenters. The Labute approximate surface area is 117 Å². The van der Waals surface area contributed by atoms with Gasteiger partial charge >= 0.3 is 5.97 Å². The molecule has 0 saturated heterocycles. The first-order valence-electron chi connectivity index (χ1n) is 5.38. The minimum Gasteiger partial charge on any atom is -0.478 e. The van der Waals surface area contributed by atoms with Crippen molar-refractivity contribution >= 4 is 33.8 Å². The van der Waals surface area contributed by atoms with Crippen LogP contribution < -0.4 is 0 Å². The van der Waals surface area contributed by atoms with E-state index < -0.39 is 11.8 Å². The van der Waals surface area contributed by atoms with Crippen molar-refractivity contribution in [3.63, 3.8) is 0 Å². The largest absolute Gasteiger partial charge is 0.478 e. The van der Waals surface area contributed by atoms with Crippen molar-refractivity contribution in [3.05, 3.63) is 63.9 Å². The van der Waals surface area contributed by atoms with Crippen molar-refractivity contribution in [2.45, 2.75) is 0 Å². The van der Waals surface area contributed by atoms with Crippen molar-refractivity contribution in [2.75, 3.05) is 0 Å². The Balaban J connectivity index is 2.30. The fourth-order valence-electron chi connectivity index (χ4n) is 1.51. The average Bonchev–Trinajstić information content (AvgIpc) is 2.36. The van der Waals surface area contributed by atoms with Crippen molar-refractivity contribution < 1.29 is 14.3 Å². The topological polar surface area (TPSA) is 49.7 Å². The van der Waals surface area contributed by atoms with Gasteiger partial charge in [-0.3, -0.25) is 4.99 Å². The van der Waals surface area contributed by atoms with Gasteiger partial charge in [-0.1, -0.05) is 28.1 Å². The molecule has 0 unspecified atom stereocenters. The molecule has 1 N–H and O–H groups in total. The van der Waals surface area contributed by atoms with E-state index in [1.165, 1.54) is 12.1 Å². The molecule has 0 radical (unpaired) electrons. The van der Waals surface area contributed by atoms with E-state index in [-0.39, 0.29) is 11.3 Å². The molecular weight excluding hydrogens is 313 g/mol. The average molecular weight is 322 g/mol. The molecule has 0 aliphatic carbocycles. The van der Waals surface area contributed by atoms with E-state index in [0.29, 0.717) is 0 Å². The lowest BCUT2D eigenvalue weighted by molar-refractivity contribution is 0.0696. The molecule has 0 fully saturated rings. The van der Waals surface area contributed by atoms with Gasteiger partial charge in [0.15, 0.2) is 0 Å². The number of halogens is 2. The molecule has 0 heterocycles. The highest BCUT2D eigenvalue weighted by Gasteiger charge is 2.06. The lowest BCUT2D eigenvalue weighted by atomic mass is 10.2. The summed E-state index contributed by atoms with van der Waals surface area (Å²) in [5.74, 6) is -1.81. The van der Waals surface area contributed by atoms with E-state index in [2.05, 4.69) is 20.9 Å². The Morgan fingerprint density at radius 1 is 1.26 bits per heavy atom. The van der Waals surface area contributed by atoms with Crippen molar-refractivity contribution in [1.82, 2.24) is 0 Å². The number of carbonyl (C=O) groups is 1. The Bertz CT molecular complexity index is 656. The Morgan fingerprint density at radius 3 is 2.74 bits per heavy atom. The molecule has 0 amide bonds. The molecule has 96 valence electrons. The molecule has 19 heavy (non-hydrogen) atoms. The molecule has 2 rings (SSSR count). The van der Waals surface area contributed by atoms with Crippen LogP contribution >= 0.6 is 15.9 Å². The van der Waals surface area contributed by atoms with E-state index in [1.807, 2.05) is 24.3 Å². The van der Waals surface area contributed by atoms with Crippen LogP contribution in [-0.2, 0) is 0 Å². The minimum atomic E-state index is -1.18. The van der Waals surface area contributed by atoms with Gasteiger partial charge in [-0.2, -0.15) is 0 Å². The minimum absolute atomic E-state index is 0.124. The van der Waals surface area contributed by atoms with Crippen molar-refractivity contribution in [2.24, 2.45) is 4.99 Å². The van der Waals surface area contributed by atoms with Gasteiger partial charge in [-0.15, -0.1) is 0 Å². The lowest BCUT2D eigenvalue weighted by Crippen LogP contribution is -1.96. The molecule has 3 nitrogen and oxygen atoms in total. The zero-order valence-electron chi connectivity index (χ0n) is 9.68. The number of aromatic carboxylic acids is 1. The van der Waals surface area contributed by atoms with Gasteiger partial charge in [0.2, 0.25) is 0 Å². The number of carboxylic acids is 1. The van der Waals surface area contributed by atoms with Crippen LogP contribution in [0.1, 0.15) is 15.9 Å². The summed E-state index contributed by atoms with van der Waals surface area (Å²) >= 11 is 3.33. The quantitative estimate of drug-likeness (QED) is 0.867. The Hall–Kier alpha value is -2.01. The zero-order valence-corrected chi connectivity index (χ0v) is 11.3. The van der Waals surface area contributed by atoms with Gasteiger partial charge in [-0.05, 0) is 35.9 Å². The number of nitrogens with zero attached hydrogens (tertiary/aromatic N) is 1. The molecule has 0 bridgehead atoms. The van der Waals surface area contributed by atoms with E-state index in [1.54, 1.807) is 6.21 Å². The Kier molecular flexibility index (Phi) is 4.06. The number of benzene rings is 2. The molecule has 0 saturated carbocycles. The van der Waals surface area contributed by atoms with Gasteiger partial charge in [0.05, 0.1) is 11.3 Å². The second-order valence-electron chi connectivity index (χ2n) is 3.82. The summed E-state index contributed by atoms with van der Waals surface area (Å²) in [5.41, 5.74) is 0.967. The Morgan fingerprint density at radius 2 is 2.05 bits per heavy atom. The predicted octanol–water partition coefficient (Wildman–Crippen LogP) is 4.04. The number of aliphatic imine (C=N–C) groups is 1. The monoisotopic (exact) mass is 321 g/mol. The highest BCUT2D eigenvalue weighted by molar-refractivity contribution is 9.10. The highest BCUT2D eigenvalue weighted by atomic mass is 79.9. The van der Waals surface area contributed by atoms with E-state index in [0.717, 1.165) is 16.1 Å². The maximum absolute atomic E-state index is 13.2. The first-order valence-corrected chi connectivity index (χ1v) is 6.17. The van der Waals surface area contributed by atoms with Crippen LogP contribution in [0.5, 0.6) is 0 Å². The summed E-state index contributed by atoms with van der Waals surface area (Å²) < 4.78 is 14.1. The van der Waals surface area contributed by atoms with E-state index >= 15 is 0 Å². The SMILES string of the molecule is O=C(O)c1cc(F)cc(N=Cc2cccc(Br)c2)c1. The maximum atomic E-state index is 13.2. The summed E-state index contributed by atoms with van der Waals surface area (Å²) in [6.07, 6.45) is 1.55. The first kappa shape index (κ1) is 13.4. The summed E-state index contributed by atoms with van der Waals surface area (Å²) in [6.45, 7) is 0. The fraction of sp³-hybridized carbons (Fsp3) is 0. The van der Waals surface area contributed by atoms with E-state index in [4.69, 9.17) is 5.11 Å². The van der Waals surface area contributed by atoms with Crippen molar-refractivity contribution in [1.29, 1.82) is 0 Å². The molecule has 0 aromatic heterocycles. The van der Waals surface area contributed by atoms with Crippen LogP contribution in [0.4, 0.5) is 10.1 Å². The second-order valence-corrected chi connectivity index (χ2v) is 4.73. The molecule has 5 heteroatoms. The van der Waals surface area contributed by atoms with Gasteiger partial charge in [0.25, 0.3) is 0 Å². The lowest BCUT2D eigenvalue weighted by Gasteiger charge is -1.99. The third-order valence-electron chi connectivity index (χ3n) is 2.34. The molecular formula is C14H9BrFNO2. The highest BCUT2D eigenvalue weighted by Crippen LogP contribution is 2.18. The van der Waals surface area contributed by atoms with Crippen LogP contribution in [0.3, 0.4) is 0 Å². The van der Waals surface area contributed by atoms with Crippen molar-refractivity contribution in [3.8, 4) is 0 Å². The third kappa shape index (κ3) is 3.72. The summed E-state index contributed by atoms with van der Waals surface area (Å²) in [5, 5.41) is 8.83. The molecule has 0 aliphatic heterocycles. The van der Waals surface area contributed by atoms with Crippen LogP contribution in [0.2, 0.25) is 0 Å².